The Kier molecular flexibility index (Phi) is 3.81. The monoisotopic (exact) mass is 294 g/mol. The topological polar surface area (TPSA) is 103 Å². The van der Waals surface area contributed by atoms with Crippen molar-refractivity contribution < 1.29 is 19.6 Å². The minimum Gasteiger partial charge on any atom is -0.477 e. The third kappa shape index (κ3) is 2.83. The molecule has 1 heterocycles. The highest BCUT2D eigenvalue weighted by molar-refractivity contribution is 6.31. The molecule has 0 atom stereocenters. The highest BCUT2D eigenvalue weighted by Gasteiger charge is 2.20. The molecule has 2 rings (SSSR count). The predicted octanol–water partition coefficient (Wildman–Crippen LogP) is 3.13. The molecule has 20 heavy (non-hydrogen) atoms. The lowest BCUT2D eigenvalue weighted by atomic mass is 10.1. The minimum absolute atomic E-state index is 0.126. The number of halogens is 1. The molecule has 1 aromatic carbocycles. The Morgan fingerprint density at radius 1 is 1.40 bits per heavy atom. The fraction of sp³-hybridized carbons (Fsp3) is 0. The van der Waals surface area contributed by atoms with Crippen molar-refractivity contribution in [1.29, 1.82) is 0 Å². The first-order valence-electron chi connectivity index (χ1n) is 5.28. The number of hydrogen-bond donors (Lipinski definition) is 1. The van der Waals surface area contributed by atoms with Crippen molar-refractivity contribution >= 4 is 23.3 Å². The molecule has 8 heteroatoms. The molecule has 0 radical (unpaired) electrons. The van der Waals surface area contributed by atoms with Crippen LogP contribution >= 0.6 is 11.6 Å². The van der Waals surface area contributed by atoms with Gasteiger partial charge in [-0.15, -0.1) is 0 Å². The number of pyridine rings is 1. The molecule has 1 N–H and O–H groups in total. The second kappa shape index (κ2) is 5.54. The quantitative estimate of drug-likeness (QED) is 0.686. The van der Waals surface area contributed by atoms with E-state index < -0.39 is 22.1 Å². The number of carbonyl (C=O) groups is 1. The van der Waals surface area contributed by atoms with Gasteiger partial charge in [-0.3, -0.25) is 15.1 Å². The van der Waals surface area contributed by atoms with E-state index in [4.69, 9.17) is 21.4 Å². The van der Waals surface area contributed by atoms with E-state index in [1.165, 1.54) is 24.5 Å². The van der Waals surface area contributed by atoms with Gasteiger partial charge in [0.25, 0.3) is 5.69 Å². The van der Waals surface area contributed by atoms with Crippen LogP contribution in [0.1, 0.15) is 10.4 Å². The maximum absolute atomic E-state index is 11.0. The Morgan fingerprint density at radius 2 is 2.15 bits per heavy atom. The molecular weight excluding hydrogens is 288 g/mol. The Balaban J connectivity index is 2.40. The lowest BCUT2D eigenvalue weighted by molar-refractivity contribution is -0.385. The van der Waals surface area contributed by atoms with Crippen molar-refractivity contribution in [2.24, 2.45) is 0 Å². The van der Waals surface area contributed by atoms with E-state index in [0.29, 0.717) is 0 Å². The van der Waals surface area contributed by atoms with Gasteiger partial charge in [-0.05, 0) is 6.07 Å². The molecule has 2 aromatic rings. The fourth-order valence-electron chi connectivity index (χ4n) is 1.48. The van der Waals surface area contributed by atoms with E-state index in [1.54, 1.807) is 0 Å². The molecule has 0 aliphatic carbocycles. The minimum atomic E-state index is -1.41. The van der Waals surface area contributed by atoms with Crippen LogP contribution in [0.2, 0.25) is 5.02 Å². The number of rotatable bonds is 4. The van der Waals surface area contributed by atoms with E-state index in [1.807, 2.05) is 0 Å². The zero-order valence-electron chi connectivity index (χ0n) is 9.82. The summed E-state index contributed by atoms with van der Waals surface area (Å²) in [5, 5.41) is 19.9. The lowest BCUT2D eigenvalue weighted by Crippen LogP contribution is -2.02. The van der Waals surface area contributed by atoms with Crippen LogP contribution in [-0.2, 0) is 0 Å². The summed E-state index contributed by atoms with van der Waals surface area (Å²) < 4.78 is 5.38. The number of ether oxygens (including phenoxy) is 1. The number of nitro benzene ring substituents is 1. The average Bonchev–Trinajstić information content (AvgIpc) is 2.41. The molecule has 0 fully saturated rings. The van der Waals surface area contributed by atoms with Crippen molar-refractivity contribution in [3.8, 4) is 11.5 Å². The first-order valence-corrected chi connectivity index (χ1v) is 5.66. The van der Waals surface area contributed by atoms with Crippen LogP contribution in [0, 0.1) is 10.1 Å². The van der Waals surface area contributed by atoms with Crippen LogP contribution in [-0.4, -0.2) is 21.0 Å². The van der Waals surface area contributed by atoms with Crippen LogP contribution in [0.3, 0.4) is 0 Å². The molecule has 0 unspecified atom stereocenters. The predicted molar refractivity (Wildman–Crippen MR) is 69.4 cm³/mol. The van der Waals surface area contributed by atoms with Crippen LogP contribution in [0.25, 0.3) is 0 Å². The maximum Gasteiger partial charge on any atom is 0.342 e. The van der Waals surface area contributed by atoms with Gasteiger partial charge in [-0.2, -0.15) is 0 Å². The van der Waals surface area contributed by atoms with Gasteiger partial charge in [0.1, 0.15) is 22.1 Å². The standard InChI is InChI=1S/C12H7ClN2O5/c13-9-6-14-4-3-11(9)20-7-1-2-10(15(18)19)8(5-7)12(16)17/h1-6H,(H,16,17). The lowest BCUT2D eigenvalue weighted by Gasteiger charge is -2.07. The maximum atomic E-state index is 11.0. The van der Waals surface area contributed by atoms with Gasteiger partial charge >= 0.3 is 5.97 Å². The Hall–Kier alpha value is -2.67. The SMILES string of the molecule is O=C(O)c1cc(Oc2ccncc2Cl)ccc1[N+](=O)[O-]. The van der Waals surface area contributed by atoms with Gasteiger partial charge in [-0.1, -0.05) is 11.6 Å². The van der Waals surface area contributed by atoms with Gasteiger partial charge in [0.2, 0.25) is 0 Å². The fourth-order valence-corrected chi connectivity index (χ4v) is 1.64. The van der Waals surface area contributed by atoms with Crippen molar-refractivity contribution in [3.63, 3.8) is 0 Å². The molecule has 0 saturated heterocycles. The summed E-state index contributed by atoms with van der Waals surface area (Å²) in [5.41, 5.74) is -0.969. The van der Waals surface area contributed by atoms with Gasteiger partial charge < -0.3 is 9.84 Å². The van der Waals surface area contributed by atoms with E-state index in [-0.39, 0.29) is 16.5 Å². The van der Waals surface area contributed by atoms with E-state index in [9.17, 15) is 14.9 Å². The molecule has 0 saturated carbocycles. The zero-order chi connectivity index (χ0) is 14.7. The highest BCUT2D eigenvalue weighted by Crippen LogP contribution is 2.31. The van der Waals surface area contributed by atoms with Gasteiger partial charge in [0.15, 0.2) is 0 Å². The summed E-state index contributed by atoms with van der Waals surface area (Å²) in [5.74, 6) is -1.02. The van der Waals surface area contributed by atoms with E-state index in [0.717, 1.165) is 12.1 Å². The molecule has 0 aliphatic rings. The molecule has 0 amide bonds. The molecular formula is C12H7ClN2O5. The third-order valence-corrected chi connectivity index (χ3v) is 2.64. The van der Waals surface area contributed by atoms with Crippen LogP contribution in [0.15, 0.2) is 36.7 Å². The molecule has 0 spiro atoms. The largest absolute Gasteiger partial charge is 0.477 e. The first-order chi connectivity index (χ1) is 9.49. The number of aromatic nitrogens is 1. The van der Waals surface area contributed by atoms with Crippen LogP contribution < -0.4 is 4.74 Å². The highest BCUT2D eigenvalue weighted by atomic mass is 35.5. The number of aromatic carboxylic acids is 1. The van der Waals surface area contributed by atoms with Crippen molar-refractivity contribution in [2.75, 3.05) is 0 Å². The van der Waals surface area contributed by atoms with E-state index in [2.05, 4.69) is 4.98 Å². The van der Waals surface area contributed by atoms with Crippen molar-refractivity contribution in [2.45, 2.75) is 0 Å². The smallest absolute Gasteiger partial charge is 0.342 e. The van der Waals surface area contributed by atoms with Crippen LogP contribution in [0.5, 0.6) is 11.5 Å². The summed E-state index contributed by atoms with van der Waals surface area (Å²) >= 11 is 5.85. The number of benzene rings is 1. The van der Waals surface area contributed by atoms with Crippen molar-refractivity contribution in [1.82, 2.24) is 4.98 Å². The number of hydrogen-bond acceptors (Lipinski definition) is 5. The molecule has 7 nitrogen and oxygen atoms in total. The Morgan fingerprint density at radius 3 is 2.75 bits per heavy atom. The molecule has 1 aromatic heterocycles. The zero-order valence-corrected chi connectivity index (χ0v) is 10.6. The number of carboxylic acid groups (broad SMARTS) is 1. The second-order valence-corrected chi connectivity index (χ2v) is 4.06. The Labute approximate surface area is 117 Å². The Bertz CT molecular complexity index is 689. The second-order valence-electron chi connectivity index (χ2n) is 3.65. The summed E-state index contributed by atoms with van der Waals surface area (Å²) in [7, 11) is 0. The third-order valence-electron chi connectivity index (χ3n) is 2.36. The normalized spacial score (nSPS) is 10.1. The number of nitrogens with zero attached hydrogens (tertiary/aromatic N) is 2. The van der Waals surface area contributed by atoms with E-state index >= 15 is 0 Å². The molecule has 0 aliphatic heterocycles. The number of nitro groups is 1. The first kappa shape index (κ1) is 13.8. The van der Waals surface area contributed by atoms with Crippen molar-refractivity contribution in [3.05, 3.63) is 57.4 Å². The van der Waals surface area contributed by atoms with Gasteiger partial charge in [0.05, 0.1) is 4.92 Å². The molecule has 0 bridgehead atoms. The summed E-state index contributed by atoms with van der Waals surface area (Å²) in [6.07, 6.45) is 2.81. The van der Waals surface area contributed by atoms with Gasteiger partial charge in [0, 0.05) is 30.6 Å². The molecule has 102 valence electrons. The van der Waals surface area contributed by atoms with Crippen LogP contribution in [0.4, 0.5) is 5.69 Å². The summed E-state index contributed by atoms with van der Waals surface area (Å²) in [6, 6.07) is 4.91. The number of carboxylic acids is 1. The van der Waals surface area contributed by atoms with Gasteiger partial charge in [-0.25, -0.2) is 4.79 Å². The average molecular weight is 295 g/mol. The summed E-state index contributed by atoms with van der Waals surface area (Å²) in [6.45, 7) is 0. The summed E-state index contributed by atoms with van der Waals surface area (Å²) in [4.78, 5) is 24.7.